The highest BCUT2D eigenvalue weighted by atomic mass is 16.5. The third-order valence-corrected chi connectivity index (χ3v) is 1.61. The Bertz CT molecular complexity index is 384. The Morgan fingerprint density at radius 2 is 2.29 bits per heavy atom. The van der Waals surface area contributed by atoms with Crippen LogP contribution in [0.25, 0.3) is 0 Å². The fraction of sp³-hybridized carbons (Fsp3) is 0.444. The Morgan fingerprint density at radius 3 is 2.86 bits per heavy atom. The van der Waals surface area contributed by atoms with E-state index in [0.717, 1.165) is 6.07 Å². The summed E-state index contributed by atoms with van der Waals surface area (Å²) in [4.78, 5) is 28.8. The first-order chi connectivity index (χ1) is 6.67. The van der Waals surface area contributed by atoms with Gasteiger partial charge in [-0.25, -0.2) is 9.78 Å². The van der Waals surface area contributed by atoms with Crippen molar-refractivity contribution in [2.24, 2.45) is 0 Å². The third-order valence-electron chi connectivity index (χ3n) is 1.61. The number of nitrogens with one attached hydrogen (secondary N) is 1. The van der Waals surface area contributed by atoms with E-state index in [1.165, 1.54) is 0 Å². The molecule has 0 fully saturated rings. The minimum Gasteiger partial charge on any atom is -0.461 e. The van der Waals surface area contributed by atoms with Gasteiger partial charge in [-0.2, -0.15) is 0 Å². The lowest BCUT2D eigenvalue weighted by Crippen LogP contribution is -2.17. The van der Waals surface area contributed by atoms with Crippen LogP contribution in [0, 0.1) is 0 Å². The Labute approximate surface area is 81.1 Å². The molecule has 5 heteroatoms. The van der Waals surface area contributed by atoms with Crippen LogP contribution in [-0.4, -0.2) is 22.5 Å². The molecule has 0 saturated heterocycles. The van der Waals surface area contributed by atoms with E-state index in [1.807, 2.05) is 6.92 Å². The van der Waals surface area contributed by atoms with Crippen LogP contribution >= 0.6 is 0 Å². The molecular formula is C9H12N2O3. The average Bonchev–Trinajstić information content (AvgIpc) is 2.17. The molecule has 0 bridgehead atoms. The molecule has 0 atom stereocenters. The normalized spacial score (nSPS) is 9.86. The average molecular weight is 196 g/mol. The van der Waals surface area contributed by atoms with Crippen molar-refractivity contribution in [1.29, 1.82) is 0 Å². The second kappa shape index (κ2) is 4.55. The Morgan fingerprint density at radius 1 is 1.57 bits per heavy atom. The summed E-state index contributed by atoms with van der Waals surface area (Å²) < 4.78 is 4.73. The largest absolute Gasteiger partial charge is 0.461 e. The Kier molecular flexibility index (Phi) is 3.39. The van der Waals surface area contributed by atoms with Gasteiger partial charge in [0.05, 0.1) is 6.61 Å². The van der Waals surface area contributed by atoms with Crippen LogP contribution in [0.1, 0.15) is 30.2 Å². The van der Waals surface area contributed by atoms with Gasteiger partial charge in [0, 0.05) is 12.5 Å². The van der Waals surface area contributed by atoms with Gasteiger partial charge in [-0.3, -0.25) is 4.79 Å². The number of aromatic amines is 1. The number of hydrogen-bond acceptors (Lipinski definition) is 4. The van der Waals surface area contributed by atoms with E-state index in [-0.39, 0.29) is 17.9 Å². The van der Waals surface area contributed by atoms with E-state index in [4.69, 9.17) is 4.74 Å². The quantitative estimate of drug-likeness (QED) is 0.715. The minimum absolute atomic E-state index is 0.0625. The number of rotatable bonds is 3. The molecular weight excluding hydrogens is 184 g/mol. The summed E-state index contributed by atoms with van der Waals surface area (Å²) in [5, 5.41) is 0. The number of aromatic nitrogens is 2. The lowest BCUT2D eigenvalue weighted by molar-refractivity contribution is 0.0518. The molecule has 0 unspecified atom stereocenters. The molecule has 0 spiro atoms. The molecule has 0 radical (unpaired) electrons. The van der Waals surface area contributed by atoms with Gasteiger partial charge in [0.15, 0.2) is 5.69 Å². The van der Waals surface area contributed by atoms with Gasteiger partial charge in [-0.15, -0.1) is 0 Å². The van der Waals surface area contributed by atoms with Crippen LogP contribution in [0.15, 0.2) is 10.9 Å². The third kappa shape index (κ3) is 2.42. The van der Waals surface area contributed by atoms with Crippen molar-refractivity contribution in [3.8, 4) is 0 Å². The monoisotopic (exact) mass is 196 g/mol. The number of H-pyrrole nitrogens is 1. The highest BCUT2D eigenvalue weighted by Gasteiger charge is 2.09. The Balaban J connectivity index is 3.03. The first kappa shape index (κ1) is 10.4. The molecule has 0 saturated carbocycles. The number of aryl methyl sites for hydroxylation is 1. The van der Waals surface area contributed by atoms with Crippen molar-refractivity contribution in [3.63, 3.8) is 0 Å². The summed E-state index contributed by atoms with van der Waals surface area (Å²) >= 11 is 0. The van der Waals surface area contributed by atoms with E-state index < -0.39 is 5.97 Å². The van der Waals surface area contributed by atoms with Crippen molar-refractivity contribution >= 4 is 5.97 Å². The molecule has 0 amide bonds. The summed E-state index contributed by atoms with van der Waals surface area (Å²) in [6, 6.07) is 1.14. The van der Waals surface area contributed by atoms with Gasteiger partial charge in [0.2, 0.25) is 0 Å². The number of carbonyl (C=O) groups excluding carboxylic acids is 1. The van der Waals surface area contributed by atoms with E-state index >= 15 is 0 Å². The van der Waals surface area contributed by atoms with Crippen LogP contribution < -0.4 is 5.56 Å². The van der Waals surface area contributed by atoms with E-state index in [9.17, 15) is 9.59 Å². The number of esters is 1. The fourth-order valence-corrected chi connectivity index (χ4v) is 0.985. The summed E-state index contributed by atoms with van der Waals surface area (Å²) in [6.07, 6.45) is 0.572. The molecule has 0 aliphatic rings. The number of ether oxygens (including phenoxy) is 1. The predicted octanol–water partition coefficient (Wildman–Crippen LogP) is 0.509. The van der Waals surface area contributed by atoms with Gasteiger partial charge in [-0.05, 0) is 6.92 Å². The van der Waals surface area contributed by atoms with Gasteiger partial charge >= 0.3 is 5.97 Å². The van der Waals surface area contributed by atoms with Crippen LogP contribution in [0.2, 0.25) is 0 Å². The lowest BCUT2D eigenvalue weighted by Gasteiger charge is -2.01. The molecule has 0 aliphatic carbocycles. The first-order valence-electron chi connectivity index (χ1n) is 4.44. The summed E-state index contributed by atoms with van der Waals surface area (Å²) in [5.74, 6) is -0.0751. The zero-order valence-corrected chi connectivity index (χ0v) is 8.16. The molecule has 0 aliphatic heterocycles. The maximum absolute atomic E-state index is 11.2. The number of nitrogens with zero attached hydrogens (tertiary/aromatic N) is 1. The maximum Gasteiger partial charge on any atom is 0.357 e. The zero-order valence-electron chi connectivity index (χ0n) is 8.16. The summed E-state index contributed by atoms with van der Waals surface area (Å²) in [6.45, 7) is 3.81. The van der Waals surface area contributed by atoms with Crippen LogP contribution in [0.4, 0.5) is 0 Å². The van der Waals surface area contributed by atoms with Crippen molar-refractivity contribution in [2.75, 3.05) is 6.61 Å². The molecule has 1 aromatic heterocycles. The number of hydrogen-bond donors (Lipinski definition) is 1. The van der Waals surface area contributed by atoms with E-state index in [0.29, 0.717) is 12.2 Å². The molecule has 0 aromatic carbocycles. The van der Waals surface area contributed by atoms with Crippen molar-refractivity contribution in [3.05, 3.63) is 27.9 Å². The lowest BCUT2D eigenvalue weighted by atomic mass is 10.3. The molecule has 1 rings (SSSR count). The van der Waals surface area contributed by atoms with Crippen LogP contribution in [0.3, 0.4) is 0 Å². The highest BCUT2D eigenvalue weighted by molar-refractivity contribution is 5.87. The second-order valence-corrected chi connectivity index (χ2v) is 2.65. The molecule has 1 heterocycles. The topological polar surface area (TPSA) is 72.1 Å². The van der Waals surface area contributed by atoms with Crippen LogP contribution in [-0.2, 0) is 11.2 Å². The minimum atomic E-state index is -0.562. The molecule has 76 valence electrons. The SMILES string of the molecule is CCOC(=O)c1cc(=O)[nH]c(CC)n1. The molecule has 5 nitrogen and oxygen atoms in total. The van der Waals surface area contributed by atoms with Crippen LogP contribution in [0.5, 0.6) is 0 Å². The smallest absolute Gasteiger partial charge is 0.357 e. The summed E-state index contributed by atoms with van der Waals surface area (Å²) in [7, 11) is 0. The van der Waals surface area contributed by atoms with Crippen molar-refractivity contribution < 1.29 is 9.53 Å². The van der Waals surface area contributed by atoms with Gasteiger partial charge < -0.3 is 9.72 Å². The predicted molar refractivity (Wildman–Crippen MR) is 50.2 cm³/mol. The molecule has 1 aromatic rings. The van der Waals surface area contributed by atoms with Crippen molar-refractivity contribution in [2.45, 2.75) is 20.3 Å². The van der Waals surface area contributed by atoms with Gasteiger partial charge in [0.25, 0.3) is 5.56 Å². The standard InChI is InChI=1S/C9H12N2O3/c1-3-7-10-6(5-8(12)11-7)9(13)14-4-2/h5H,3-4H2,1-2H3,(H,10,11,12). The van der Waals surface area contributed by atoms with Crippen molar-refractivity contribution in [1.82, 2.24) is 9.97 Å². The van der Waals surface area contributed by atoms with Gasteiger partial charge in [-0.1, -0.05) is 6.92 Å². The highest BCUT2D eigenvalue weighted by Crippen LogP contribution is 1.96. The Hall–Kier alpha value is -1.65. The summed E-state index contributed by atoms with van der Waals surface area (Å²) in [5.41, 5.74) is -0.271. The second-order valence-electron chi connectivity index (χ2n) is 2.65. The zero-order chi connectivity index (χ0) is 10.6. The van der Waals surface area contributed by atoms with E-state index in [1.54, 1.807) is 6.92 Å². The molecule has 1 N–H and O–H groups in total. The number of carbonyl (C=O) groups is 1. The van der Waals surface area contributed by atoms with E-state index in [2.05, 4.69) is 9.97 Å². The maximum atomic E-state index is 11.2. The first-order valence-corrected chi connectivity index (χ1v) is 4.44. The fourth-order valence-electron chi connectivity index (χ4n) is 0.985. The van der Waals surface area contributed by atoms with Gasteiger partial charge in [0.1, 0.15) is 5.82 Å². The molecule has 14 heavy (non-hydrogen) atoms.